The van der Waals surface area contributed by atoms with Crippen LogP contribution in [0.25, 0.3) is 0 Å². The number of fused-ring (bicyclic) bond motifs is 2. The minimum Gasteiger partial charge on any atom is -0.497 e. The molecule has 0 unspecified atom stereocenters. The molecule has 2 aromatic carbocycles. The van der Waals surface area contributed by atoms with Crippen molar-refractivity contribution in [2.24, 2.45) is 0 Å². The van der Waals surface area contributed by atoms with E-state index in [4.69, 9.17) is 21.1 Å². The highest BCUT2D eigenvalue weighted by Gasteiger charge is 2.21. The van der Waals surface area contributed by atoms with Gasteiger partial charge in [0, 0.05) is 11.1 Å². The first-order valence-corrected chi connectivity index (χ1v) is 6.02. The number of carbonyl (C=O) groups excluding carboxylic acids is 1. The summed E-state index contributed by atoms with van der Waals surface area (Å²) in [7, 11) is 1.57. The SMILES string of the molecule is COc1ccc2c(c1)NC(=O)c1cc(Cl)ccc1O2. The van der Waals surface area contributed by atoms with Crippen LogP contribution >= 0.6 is 11.6 Å². The van der Waals surface area contributed by atoms with E-state index in [0.717, 1.165) is 0 Å². The number of halogens is 1. The number of hydrogen-bond acceptors (Lipinski definition) is 3. The van der Waals surface area contributed by atoms with Gasteiger partial charge >= 0.3 is 0 Å². The lowest BCUT2D eigenvalue weighted by Gasteiger charge is -2.08. The quantitative estimate of drug-likeness (QED) is 0.863. The molecule has 19 heavy (non-hydrogen) atoms. The molecule has 0 saturated carbocycles. The molecule has 4 nitrogen and oxygen atoms in total. The average molecular weight is 276 g/mol. The van der Waals surface area contributed by atoms with Crippen molar-refractivity contribution in [2.75, 3.05) is 12.4 Å². The number of ether oxygens (including phenoxy) is 2. The molecule has 1 heterocycles. The van der Waals surface area contributed by atoms with Gasteiger partial charge in [-0.05, 0) is 30.3 Å². The molecular weight excluding hydrogens is 266 g/mol. The predicted octanol–water partition coefficient (Wildman–Crippen LogP) is 3.71. The lowest BCUT2D eigenvalue weighted by molar-refractivity contribution is 0.102. The third-order valence-corrected chi connectivity index (χ3v) is 3.08. The van der Waals surface area contributed by atoms with Crippen molar-refractivity contribution in [3.05, 3.63) is 47.0 Å². The zero-order chi connectivity index (χ0) is 13.4. The number of amides is 1. The van der Waals surface area contributed by atoms with Gasteiger partial charge in [0.25, 0.3) is 5.91 Å². The molecule has 1 aliphatic heterocycles. The molecule has 96 valence electrons. The van der Waals surface area contributed by atoms with Crippen LogP contribution in [0.4, 0.5) is 5.69 Å². The van der Waals surface area contributed by atoms with Crippen LogP contribution in [0, 0.1) is 0 Å². The molecular formula is C14H10ClNO3. The predicted molar refractivity (Wildman–Crippen MR) is 72.5 cm³/mol. The zero-order valence-corrected chi connectivity index (χ0v) is 10.8. The Morgan fingerprint density at radius 2 is 1.95 bits per heavy atom. The lowest BCUT2D eigenvalue weighted by Crippen LogP contribution is -2.10. The number of hydrogen-bond donors (Lipinski definition) is 1. The van der Waals surface area contributed by atoms with Crippen molar-refractivity contribution in [3.63, 3.8) is 0 Å². The Morgan fingerprint density at radius 1 is 1.16 bits per heavy atom. The first-order chi connectivity index (χ1) is 9.17. The van der Waals surface area contributed by atoms with Crippen LogP contribution in [-0.4, -0.2) is 13.0 Å². The molecule has 0 spiro atoms. The second-order valence-electron chi connectivity index (χ2n) is 4.06. The van der Waals surface area contributed by atoms with E-state index >= 15 is 0 Å². The maximum absolute atomic E-state index is 12.1. The first kappa shape index (κ1) is 11.9. The molecule has 0 fully saturated rings. The normalized spacial score (nSPS) is 12.6. The summed E-state index contributed by atoms with van der Waals surface area (Å²) in [5, 5.41) is 3.27. The van der Waals surface area contributed by atoms with Crippen molar-refractivity contribution < 1.29 is 14.3 Å². The Balaban J connectivity index is 2.11. The van der Waals surface area contributed by atoms with Gasteiger partial charge in [-0.3, -0.25) is 4.79 Å². The number of anilines is 1. The second-order valence-corrected chi connectivity index (χ2v) is 4.50. The van der Waals surface area contributed by atoms with Crippen molar-refractivity contribution >= 4 is 23.2 Å². The molecule has 5 heteroatoms. The smallest absolute Gasteiger partial charge is 0.259 e. The molecule has 0 saturated heterocycles. The van der Waals surface area contributed by atoms with E-state index in [1.165, 1.54) is 0 Å². The molecule has 2 aromatic rings. The standard InChI is InChI=1S/C14H10ClNO3/c1-18-9-3-5-13-11(7-9)16-14(17)10-6-8(15)2-4-12(10)19-13/h2-7H,1H3,(H,16,17). The molecule has 0 aliphatic carbocycles. The Labute approximate surface area is 114 Å². The van der Waals surface area contributed by atoms with Crippen LogP contribution in [0.15, 0.2) is 36.4 Å². The zero-order valence-electron chi connectivity index (χ0n) is 10.1. The topological polar surface area (TPSA) is 47.6 Å². The van der Waals surface area contributed by atoms with Gasteiger partial charge in [0.2, 0.25) is 0 Å². The summed E-state index contributed by atoms with van der Waals surface area (Å²) in [4.78, 5) is 12.1. The average Bonchev–Trinajstić information content (AvgIpc) is 2.54. The summed E-state index contributed by atoms with van der Waals surface area (Å²) < 4.78 is 10.9. The highest BCUT2D eigenvalue weighted by molar-refractivity contribution is 6.31. The van der Waals surface area contributed by atoms with E-state index in [9.17, 15) is 4.79 Å². The third-order valence-electron chi connectivity index (χ3n) is 2.84. The summed E-state index contributed by atoms with van der Waals surface area (Å²) in [5.41, 5.74) is 0.972. The van der Waals surface area contributed by atoms with Gasteiger partial charge in [-0.2, -0.15) is 0 Å². The molecule has 1 aliphatic rings. The molecule has 3 rings (SSSR count). The monoisotopic (exact) mass is 275 g/mol. The van der Waals surface area contributed by atoms with Crippen molar-refractivity contribution in [2.45, 2.75) is 0 Å². The Morgan fingerprint density at radius 3 is 2.74 bits per heavy atom. The van der Waals surface area contributed by atoms with Gasteiger partial charge < -0.3 is 14.8 Å². The summed E-state index contributed by atoms with van der Waals surface area (Å²) in [5.74, 6) is 1.43. The fourth-order valence-corrected chi connectivity index (χ4v) is 2.07. The Hall–Kier alpha value is -2.20. The summed E-state index contributed by atoms with van der Waals surface area (Å²) in [6.07, 6.45) is 0. The molecule has 1 N–H and O–H groups in total. The first-order valence-electron chi connectivity index (χ1n) is 5.64. The van der Waals surface area contributed by atoms with E-state index in [-0.39, 0.29) is 5.91 Å². The molecule has 0 bridgehead atoms. The van der Waals surface area contributed by atoms with Gasteiger partial charge in [0.05, 0.1) is 18.4 Å². The van der Waals surface area contributed by atoms with Crippen molar-refractivity contribution in [1.82, 2.24) is 0 Å². The number of rotatable bonds is 1. The van der Waals surface area contributed by atoms with Gasteiger partial charge in [-0.15, -0.1) is 0 Å². The van der Waals surface area contributed by atoms with E-state index in [0.29, 0.717) is 33.5 Å². The van der Waals surface area contributed by atoms with Gasteiger partial charge in [-0.1, -0.05) is 11.6 Å². The Kier molecular flexibility index (Phi) is 2.80. The summed E-state index contributed by atoms with van der Waals surface area (Å²) >= 11 is 5.90. The maximum Gasteiger partial charge on any atom is 0.259 e. The van der Waals surface area contributed by atoms with E-state index in [1.807, 2.05) is 0 Å². The van der Waals surface area contributed by atoms with Crippen LogP contribution < -0.4 is 14.8 Å². The van der Waals surface area contributed by atoms with E-state index in [1.54, 1.807) is 43.5 Å². The van der Waals surface area contributed by atoms with Crippen molar-refractivity contribution in [1.29, 1.82) is 0 Å². The summed E-state index contributed by atoms with van der Waals surface area (Å²) in [6.45, 7) is 0. The second kappa shape index (κ2) is 4.48. The van der Waals surface area contributed by atoms with Crippen LogP contribution in [-0.2, 0) is 0 Å². The number of methoxy groups -OCH3 is 1. The molecule has 0 aromatic heterocycles. The van der Waals surface area contributed by atoms with Crippen LogP contribution in [0.2, 0.25) is 5.02 Å². The van der Waals surface area contributed by atoms with E-state index in [2.05, 4.69) is 5.32 Å². The molecule has 0 radical (unpaired) electrons. The van der Waals surface area contributed by atoms with Gasteiger partial charge in [0.15, 0.2) is 5.75 Å². The molecule has 0 atom stereocenters. The van der Waals surface area contributed by atoms with Crippen LogP contribution in [0.5, 0.6) is 17.2 Å². The number of carbonyl (C=O) groups is 1. The van der Waals surface area contributed by atoms with E-state index < -0.39 is 0 Å². The summed E-state index contributed by atoms with van der Waals surface area (Å²) in [6, 6.07) is 10.2. The number of benzene rings is 2. The highest BCUT2D eigenvalue weighted by atomic mass is 35.5. The number of nitrogens with one attached hydrogen (secondary N) is 1. The van der Waals surface area contributed by atoms with Crippen LogP contribution in [0.3, 0.4) is 0 Å². The molecule has 1 amide bonds. The minimum absolute atomic E-state index is 0.260. The Bertz CT molecular complexity index is 670. The van der Waals surface area contributed by atoms with Crippen LogP contribution in [0.1, 0.15) is 10.4 Å². The van der Waals surface area contributed by atoms with Gasteiger partial charge in [-0.25, -0.2) is 0 Å². The lowest BCUT2D eigenvalue weighted by atomic mass is 10.2. The maximum atomic E-state index is 12.1. The fourth-order valence-electron chi connectivity index (χ4n) is 1.90. The van der Waals surface area contributed by atoms with Crippen molar-refractivity contribution in [3.8, 4) is 17.2 Å². The minimum atomic E-state index is -0.260. The highest BCUT2D eigenvalue weighted by Crippen LogP contribution is 2.38. The third kappa shape index (κ3) is 2.11. The van der Waals surface area contributed by atoms with Gasteiger partial charge in [0.1, 0.15) is 11.5 Å². The largest absolute Gasteiger partial charge is 0.497 e. The fraction of sp³-hybridized carbons (Fsp3) is 0.0714.